The third-order valence-electron chi connectivity index (χ3n) is 3.04. The van der Waals surface area contributed by atoms with Crippen molar-refractivity contribution >= 4 is 78.5 Å². The number of hydrogen-bond acceptors (Lipinski definition) is 3. The summed E-state index contributed by atoms with van der Waals surface area (Å²) in [5.74, 6) is -1.59. The van der Waals surface area contributed by atoms with E-state index in [1.54, 1.807) is 6.07 Å². The Labute approximate surface area is 158 Å². The quantitative estimate of drug-likeness (QED) is 0.366. The molecule has 5 nitrogen and oxygen atoms in total. The Balaban J connectivity index is 2.53. The van der Waals surface area contributed by atoms with E-state index in [0.29, 0.717) is 0 Å². The van der Waals surface area contributed by atoms with Crippen molar-refractivity contribution < 1.29 is 14.0 Å². The molecule has 1 aromatic rings. The van der Waals surface area contributed by atoms with Crippen LogP contribution in [0.4, 0.5) is 14.9 Å². The highest BCUT2D eigenvalue weighted by atomic mass is 79.9. The summed E-state index contributed by atoms with van der Waals surface area (Å²) < 4.78 is 13.0. The van der Waals surface area contributed by atoms with Gasteiger partial charge in [-0.05, 0) is 12.1 Å². The van der Waals surface area contributed by atoms with Gasteiger partial charge >= 0.3 is 6.03 Å². The Morgan fingerprint density at radius 2 is 1.96 bits per heavy atom. The van der Waals surface area contributed by atoms with E-state index >= 15 is 0 Å². The van der Waals surface area contributed by atoms with E-state index in [2.05, 4.69) is 36.9 Å². The standard InChI is InChI=1S/C13H10Br2Cl2FN3O2/c1-20-10(22)9(19-11(17)13(14,15)6-16)21(12(20)23)8-5-3-2-4-7(8)18/h2-5,11H,6H2,1H3. The van der Waals surface area contributed by atoms with Gasteiger partial charge in [0.15, 0.2) is 5.50 Å². The number of aliphatic imine (C=N–C) groups is 1. The zero-order chi connectivity index (χ0) is 17.4. The van der Waals surface area contributed by atoms with Crippen LogP contribution >= 0.6 is 55.1 Å². The zero-order valence-corrected chi connectivity index (χ0v) is 16.3. The molecule has 0 saturated carbocycles. The molecule has 1 heterocycles. The number of hydrogen-bond donors (Lipinski definition) is 0. The van der Waals surface area contributed by atoms with Crippen LogP contribution in [0.2, 0.25) is 0 Å². The highest BCUT2D eigenvalue weighted by Gasteiger charge is 2.44. The van der Waals surface area contributed by atoms with E-state index in [9.17, 15) is 14.0 Å². The number of carbonyl (C=O) groups excluding carboxylic acids is 2. The number of nitrogens with zero attached hydrogens (tertiary/aromatic N) is 3. The molecule has 1 saturated heterocycles. The third kappa shape index (κ3) is 3.55. The van der Waals surface area contributed by atoms with Gasteiger partial charge in [0.1, 0.15) is 9.05 Å². The molecule has 1 aliphatic rings. The summed E-state index contributed by atoms with van der Waals surface area (Å²) in [5, 5.41) is 0. The van der Waals surface area contributed by atoms with Crippen LogP contribution in [-0.2, 0) is 4.79 Å². The molecule has 0 bridgehead atoms. The summed E-state index contributed by atoms with van der Waals surface area (Å²) in [6.07, 6.45) is 0. The molecule has 1 aliphatic heterocycles. The summed E-state index contributed by atoms with van der Waals surface area (Å²) in [5.41, 5.74) is -1.11. The van der Waals surface area contributed by atoms with Crippen LogP contribution < -0.4 is 4.90 Å². The van der Waals surface area contributed by atoms with Gasteiger partial charge in [-0.25, -0.2) is 19.1 Å². The molecule has 0 spiro atoms. The molecule has 2 rings (SSSR count). The van der Waals surface area contributed by atoms with Crippen molar-refractivity contribution in [2.75, 3.05) is 17.8 Å². The van der Waals surface area contributed by atoms with Gasteiger partial charge in [0.05, 0.1) is 11.6 Å². The molecule has 0 N–H and O–H groups in total. The van der Waals surface area contributed by atoms with Gasteiger partial charge < -0.3 is 0 Å². The largest absolute Gasteiger partial charge is 0.337 e. The lowest BCUT2D eigenvalue weighted by atomic mass is 10.3. The fourth-order valence-electron chi connectivity index (χ4n) is 1.80. The van der Waals surface area contributed by atoms with E-state index < -0.39 is 26.5 Å². The number of benzene rings is 1. The topological polar surface area (TPSA) is 53.0 Å². The summed E-state index contributed by atoms with van der Waals surface area (Å²) in [4.78, 5) is 30.3. The van der Waals surface area contributed by atoms with Crippen molar-refractivity contribution in [3.63, 3.8) is 0 Å². The summed E-state index contributed by atoms with van der Waals surface area (Å²) in [7, 11) is 1.28. The number of likely N-dealkylation sites (N-methyl/N-ethyl adjacent to an activating group) is 1. The first-order chi connectivity index (χ1) is 10.7. The number of halogens is 5. The van der Waals surface area contributed by atoms with Gasteiger partial charge in [-0.15, -0.1) is 11.6 Å². The van der Waals surface area contributed by atoms with Gasteiger partial charge in [-0.2, -0.15) is 0 Å². The first-order valence-corrected chi connectivity index (χ1v) is 8.78. The maximum absolute atomic E-state index is 14.0. The minimum Gasteiger partial charge on any atom is -0.265 e. The molecule has 3 amide bonds. The molecule has 1 atom stereocenters. The predicted octanol–water partition coefficient (Wildman–Crippen LogP) is 3.91. The van der Waals surface area contributed by atoms with E-state index in [1.165, 1.54) is 25.2 Å². The van der Waals surface area contributed by atoms with Gasteiger partial charge in [0, 0.05) is 7.05 Å². The average molecular weight is 490 g/mol. The lowest BCUT2D eigenvalue weighted by Crippen LogP contribution is -2.35. The van der Waals surface area contributed by atoms with E-state index in [0.717, 1.165) is 9.80 Å². The molecule has 23 heavy (non-hydrogen) atoms. The SMILES string of the molecule is CN1C(=O)C(=NC(Cl)C(Br)(Br)CCl)N(c2ccccc2F)C1=O. The van der Waals surface area contributed by atoms with E-state index in [-0.39, 0.29) is 17.4 Å². The molecule has 1 fully saturated rings. The number of alkyl halides is 4. The van der Waals surface area contributed by atoms with Crippen molar-refractivity contribution in [1.82, 2.24) is 4.90 Å². The van der Waals surface area contributed by atoms with E-state index in [4.69, 9.17) is 23.2 Å². The van der Waals surface area contributed by atoms with Crippen LogP contribution in [0.1, 0.15) is 0 Å². The first kappa shape index (κ1) is 18.6. The van der Waals surface area contributed by atoms with Crippen molar-refractivity contribution in [2.45, 2.75) is 8.73 Å². The fourth-order valence-corrected chi connectivity index (χ4v) is 2.40. The van der Waals surface area contributed by atoms with Crippen LogP contribution in [0.25, 0.3) is 0 Å². The second-order valence-corrected chi connectivity index (χ2v) is 9.19. The Morgan fingerprint density at radius 3 is 2.52 bits per heavy atom. The minimum absolute atomic E-state index is 0.0373. The number of urea groups is 1. The van der Waals surface area contributed by atoms with Gasteiger partial charge in [-0.1, -0.05) is 55.6 Å². The third-order valence-corrected chi connectivity index (χ3v) is 6.53. The smallest absolute Gasteiger partial charge is 0.265 e. The molecule has 0 radical (unpaired) electrons. The highest BCUT2D eigenvalue weighted by molar-refractivity contribution is 9.25. The monoisotopic (exact) mass is 487 g/mol. The number of imide groups is 1. The van der Waals surface area contributed by atoms with Crippen molar-refractivity contribution in [2.24, 2.45) is 4.99 Å². The number of amides is 3. The summed E-state index contributed by atoms with van der Waals surface area (Å²) in [6.45, 7) is 0. The van der Waals surface area contributed by atoms with Gasteiger partial charge in [0.25, 0.3) is 5.91 Å². The zero-order valence-electron chi connectivity index (χ0n) is 11.6. The lowest BCUT2D eigenvalue weighted by Gasteiger charge is -2.22. The number of carbonyl (C=O) groups is 2. The van der Waals surface area contributed by atoms with Crippen molar-refractivity contribution in [3.05, 3.63) is 30.1 Å². The van der Waals surface area contributed by atoms with Crippen LogP contribution in [-0.4, -0.2) is 44.3 Å². The lowest BCUT2D eigenvalue weighted by molar-refractivity contribution is -0.119. The number of anilines is 1. The second-order valence-electron chi connectivity index (χ2n) is 4.62. The fraction of sp³-hybridized carbons (Fsp3) is 0.308. The molecular weight excluding hydrogens is 480 g/mol. The molecule has 0 aromatic heterocycles. The number of amidine groups is 1. The maximum Gasteiger partial charge on any atom is 0.337 e. The Bertz CT molecular complexity index is 687. The average Bonchev–Trinajstić information content (AvgIpc) is 2.72. The van der Waals surface area contributed by atoms with Gasteiger partial charge in [-0.3, -0.25) is 9.69 Å². The van der Waals surface area contributed by atoms with Crippen LogP contribution in [0.15, 0.2) is 29.3 Å². The minimum atomic E-state index is -1.02. The highest BCUT2D eigenvalue weighted by Crippen LogP contribution is 2.36. The Kier molecular flexibility index (Phi) is 5.71. The van der Waals surface area contributed by atoms with Crippen LogP contribution in [0.3, 0.4) is 0 Å². The molecule has 10 heteroatoms. The van der Waals surface area contributed by atoms with E-state index in [1.807, 2.05) is 0 Å². The summed E-state index contributed by atoms with van der Waals surface area (Å²) in [6, 6.07) is 4.85. The van der Waals surface area contributed by atoms with Crippen LogP contribution in [0, 0.1) is 5.82 Å². The number of para-hydroxylation sites is 1. The molecular formula is C13H10Br2Cl2FN3O2. The maximum atomic E-state index is 14.0. The van der Waals surface area contributed by atoms with Gasteiger partial charge in [0.2, 0.25) is 5.84 Å². The summed E-state index contributed by atoms with van der Waals surface area (Å²) >= 11 is 18.4. The second kappa shape index (κ2) is 7.04. The Morgan fingerprint density at radius 1 is 1.35 bits per heavy atom. The van der Waals surface area contributed by atoms with Crippen LogP contribution in [0.5, 0.6) is 0 Å². The molecule has 124 valence electrons. The first-order valence-electron chi connectivity index (χ1n) is 6.23. The molecule has 1 aromatic carbocycles. The predicted molar refractivity (Wildman–Crippen MR) is 95.4 cm³/mol. The van der Waals surface area contributed by atoms with Crippen molar-refractivity contribution in [1.29, 1.82) is 0 Å². The molecule has 0 aliphatic carbocycles. The normalized spacial score (nSPS) is 19.0. The number of rotatable bonds is 4. The van der Waals surface area contributed by atoms with Crippen molar-refractivity contribution in [3.8, 4) is 0 Å². The Hall–Kier alpha value is -0.700. The molecule has 1 unspecified atom stereocenters.